The van der Waals surface area contributed by atoms with Crippen LogP contribution in [0.4, 0.5) is 8.78 Å². The Hall–Kier alpha value is -2.79. The first-order valence-corrected chi connectivity index (χ1v) is 9.85. The number of carbonyl (C=O) groups excluding carboxylic acids is 2. The molecule has 2 aliphatic rings. The number of hydrogen-bond acceptors (Lipinski definition) is 5. The Bertz CT molecular complexity index is 1150. The van der Waals surface area contributed by atoms with E-state index in [1.165, 1.54) is 21.7 Å². The average molecular weight is 514 g/mol. The number of benzene rings is 1. The predicted octanol–water partition coefficient (Wildman–Crippen LogP) is 1.67. The number of nitrogens with zero attached hydrogens (tertiary/aromatic N) is 2. The van der Waals surface area contributed by atoms with E-state index in [4.69, 9.17) is 0 Å². The molecule has 32 heavy (non-hydrogen) atoms. The molecule has 1 aromatic heterocycles. The molecule has 1 spiro atoms. The number of fused-ring (bicyclic) bond motifs is 2. The first kappa shape index (κ1) is 23.9. The molecule has 0 atom stereocenters. The quantitative estimate of drug-likeness (QED) is 0.575. The molecule has 8 nitrogen and oxygen atoms in total. The lowest BCUT2D eigenvalue weighted by atomic mass is 9.72. The lowest BCUT2D eigenvalue weighted by Crippen LogP contribution is -2.61. The van der Waals surface area contributed by atoms with Crippen LogP contribution in [0.3, 0.4) is 0 Å². The van der Waals surface area contributed by atoms with Crippen molar-refractivity contribution in [1.29, 1.82) is 0 Å². The Morgan fingerprint density at radius 1 is 1.28 bits per heavy atom. The summed E-state index contributed by atoms with van der Waals surface area (Å²) < 4.78 is 28.3. The van der Waals surface area contributed by atoms with Crippen molar-refractivity contribution < 1.29 is 28.6 Å². The molecule has 2 heterocycles. The SMILES string of the molecule is Br.CCN1CC2(CC(O)C2)n2cc(C(=O)NCc3ccc(F)cc3F)c(=O)c(O)c2C1=O. The molecule has 4 rings (SSSR count). The third-order valence-electron chi connectivity index (χ3n) is 5.98. The van der Waals surface area contributed by atoms with Gasteiger partial charge in [-0.3, -0.25) is 14.4 Å². The van der Waals surface area contributed by atoms with E-state index in [1.54, 1.807) is 6.92 Å². The molecule has 0 saturated heterocycles. The highest BCUT2D eigenvalue weighted by molar-refractivity contribution is 8.93. The number of aliphatic hydroxyl groups excluding tert-OH is 1. The molecule has 1 saturated carbocycles. The minimum absolute atomic E-state index is 0. The number of aliphatic hydroxyl groups is 1. The van der Waals surface area contributed by atoms with E-state index in [0.29, 0.717) is 25.5 Å². The van der Waals surface area contributed by atoms with Gasteiger partial charge in [0.25, 0.3) is 11.8 Å². The van der Waals surface area contributed by atoms with Crippen molar-refractivity contribution in [3.05, 3.63) is 63.1 Å². The zero-order valence-electron chi connectivity index (χ0n) is 17.1. The van der Waals surface area contributed by atoms with Gasteiger partial charge in [0.05, 0.1) is 11.6 Å². The molecule has 11 heteroatoms. The number of likely N-dealkylation sites (N-methyl/N-ethyl adjacent to an activating group) is 1. The van der Waals surface area contributed by atoms with Crippen LogP contribution in [0, 0.1) is 11.6 Å². The molecular formula is C21H22BrF2N3O5. The second kappa shape index (κ2) is 8.62. The van der Waals surface area contributed by atoms with Crippen LogP contribution in [0.15, 0.2) is 29.2 Å². The summed E-state index contributed by atoms with van der Waals surface area (Å²) >= 11 is 0. The van der Waals surface area contributed by atoms with Gasteiger partial charge < -0.3 is 25.0 Å². The molecular weight excluding hydrogens is 492 g/mol. The highest BCUT2D eigenvalue weighted by Crippen LogP contribution is 2.44. The van der Waals surface area contributed by atoms with Crippen molar-refractivity contribution in [2.45, 2.75) is 38.0 Å². The Labute approximate surface area is 192 Å². The monoisotopic (exact) mass is 513 g/mol. The summed E-state index contributed by atoms with van der Waals surface area (Å²) in [5.74, 6) is -3.86. The van der Waals surface area contributed by atoms with E-state index in [2.05, 4.69) is 5.32 Å². The van der Waals surface area contributed by atoms with E-state index in [9.17, 15) is 33.4 Å². The Morgan fingerprint density at radius 3 is 2.56 bits per heavy atom. The molecule has 1 aliphatic heterocycles. The van der Waals surface area contributed by atoms with Crippen molar-refractivity contribution in [3.8, 4) is 5.75 Å². The summed E-state index contributed by atoms with van der Waals surface area (Å²) in [6, 6.07) is 2.89. The molecule has 3 N–H and O–H groups in total. The van der Waals surface area contributed by atoms with Crippen LogP contribution in [-0.4, -0.2) is 50.7 Å². The molecule has 1 fully saturated rings. The molecule has 0 bridgehead atoms. The number of amides is 2. The third-order valence-corrected chi connectivity index (χ3v) is 5.98. The van der Waals surface area contributed by atoms with Crippen LogP contribution in [-0.2, 0) is 12.1 Å². The second-order valence-corrected chi connectivity index (χ2v) is 7.96. The van der Waals surface area contributed by atoms with Crippen LogP contribution >= 0.6 is 17.0 Å². The van der Waals surface area contributed by atoms with E-state index in [-0.39, 0.29) is 41.3 Å². The van der Waals surface area contributed by atoms with Crippen LogP contribution in [0.1, 0.15) is 46.2 Å². The number of aromatic nitrogens is 1. The molecule has 0 unspecified atom stereocenters. The Kier molecular flexibility index (Phi) is 6.43. The largest absolute Gasteiger partial charge is 0.503 e. The average Bonchev–Trinajstić information content (AvgIpc) is 2.70. The van der Waals surface area contributed by atoms with Gasteiger partial charge >= 0.3 is 0 Å². The van der Waals surface area contributed by atoms with E-state index >= 15 is 0 Å². The lowest BCUT2D eigenvalue weighted by molar-refractivity contribution is -0.0481. The van der Waals surface area contributed by atoms with Crippen molar-refractivity contribution in [1.82, 2.24) is 14.8 Å². The van der Waals surface area contributed by atoms with Gasteiger partial charge in [0.1, 0.15) is 17.2 Å². The number of hydrogen-bond donors (Lipinski definition) is 3. The minimum Gasteiger partial charge on any atom is -0.503 e. The normalized spacial score (nSPS) is 21.6. The summed E-state index contributed by atoms with van der Waals surface area (Å²) in [5.41, 5.74) is -2.37. The number of pyridine rings is 1. The Morgan fingerprint density at radius 2 is 1.97 bits per heavy atom. The summed E-state index contributed by atoms with van der Waals surface area (Å²) in [5, 5.41) is 22.8. The lowest BCUT2D eigenvalue weighted by Gasteiger charge is -2.53. The summed E-state index contributed by atoms with van der Waals surface area (Å²) in [6.45, 7) is 2.09. The molecule has 2 aromatic rings. The maximum absolute atomic E-state index is 13.8. The van der Waals surface area contributed by atoms with E-state index in [1.807, 2.05) is 0 Å². The van der Waals surface area contributed by atoms with Crippen LogP contribution in [0.5, 0.6) is 5.75 Å². The molecule has 2 amide bonds. The van der Waals surface area contributed by atoms with Crippen LogP contribution in [0.25, 0.3) is 0 Å². The van der Waals surface area contributed by atoms with Crippen LogP contribution in [0.2, 0.25) is 0 Å². The van der Waals surface area contributed by atoms with Crippen molar-refractivity contribution in [3.63, 3.8) is 0 Å². The van der Waals surface area contributed by atoms with E-state index in [0.717, 1.165) is 6.07 Å². The maximum atomic E-state index is 13.8. The van der Waals surface area contributed by atoms with E-state index < -0.39 is 51.8 Å². The van der Waals surface area contributed by atoms with Gasteiger partial charge in [-0.15, -0.1) is 17.0 Å². The first-order chi connectivity index (χ1) is 14.7. The predicted molar refractivity (Wildman–Crippen MR) is 115 cm³/mol. The van der Waals surface area contributed by atoms with Gasteiger partial charge in [0, 0.05) is 37.5 Å². The summed E-state index contributed by atoms with van der Waals surface area (Å²) in [4.78, 5) is 39.6. The summed E-state index contributed by atoms with van der Waals surface area (Å²) in [6.07, 6.45) is 1.21. The van der Waals surface area contributed by atoms with Crippen molar-refractivity contribution in [2.75, 3.05) is 13.1 Å². The van der Waals surface area contributed by atoms with Gasteiger partial charge in [0.15, 0.2) is 11.4 Å². The maximum Gasteiger partial charge on any atom is 0.274 e. The molecule has 172 valence electrons. The fraction of sp³-hybridized carbons (Fsp3) is 0.381. The zero-order valence-corrected chi connectivity index (χ0v) is 18.8. The Balaban J connectivity index is 0.00000289. The highest BCUT2D eigenvalue weighted by Gasteiger charge is 2.52. The summed E-state index contributed by atoms with van der Waals surface area (Å²) in [7, 11) is 0. The molecule has 1 aliphatic carbocycles. The van der Waals surface area contributed by atoms with Crippen molar-refractivity contribution in [2.24, 2.45) is 0 Å². The van der Waals surface area contributed by atoms with Crippen molar-refractivity contribution >= 4 is 28.8 Å². The second-order valence-electron chi connectivity index (χ2n) is 7.96. The number of rotatable bonds is 4. The van der Waals surface area contributed by atoms with Gasteiger partial charge in [-0.25, -0.2) is 8.78 Å². The fourth-order valence-electron chi connectivity index (χ4n) is 4.33. The van der Waals surface area contributed by atoms with Gasteiger partial charge in [-0.2, -0.15) is 0 Å². The minimum atomic E-state index is -1.02. The molecule has 0 radical (unpaired) electrons. The number of halogens is 3. The standard InChI is InChI=1S/C21H21F2N3O5.BrH/c1-2-25-10-21(6-13(27)7-21)26-9-14(17(28)18(29)16(26)20(25)31)19(30)24-8-11-3-4-12(22)5-15(11)23;/h3-5,9,13,27,29H,2,6-8,10H2,1H3,(H,24,30);1H. The zero-order chi connectivity index (χ0) is 22.5. The first-order valence-electron chi connectivity index (χ1n) is 9.85. The highest BCUT2D eigenvalue weighted by atomic mass is 79.9. The fourth-order valence-corrected chi connectivity index (χ4v) is 4.33. The van der Waals surface area contributed by atoms with Crippen LogP contribution < -0.4 is 10.7 Å². The van der Waals surface area contributed by atoms with Gasteiger partial charge in [-0.05, 0) is 25.8 Å². The topological polar surface area (TPSA) is 112 Å². The third kappa shape index (κ3) is 3.79. The molecule has 1 aromatic carbocycles. The number of nitrogens with one attached hydrogen (secondary N) is 1. The smallest absolute Gasteiger partial charge is 0.274 e. The number of aromatic hydroxyl groups is 1. The van der Waals surface area contributed by atoms with Gasteiger partial charge in [-0.1, -0.05) is 6.07 Å². The van der Waals surface area contributed by atoms with Gasteiger partial charge in [0.2, 0.25) is 5.43 Å². The number of carbonyl (C=O) groups is 2.